The minimum absolute atomic E-state index is 0.130. The standard InChI is InChI=1S/C23H23N3O3/c1-23(2)20-17(16-6-4-5-7-18(16)24-20)12-19-21(27)25(22(28)26(19)23)13-14-8-10-15(29-3)11-9-14/h4-11,19,24H,12-13H2,1-3H3/t19-/m0/s1. The lowest BCUT2D eigenvalue weighted by molar-refractivity contribution is -0.129. The molecule has 1 aromatic heterocycles. The number of amides is 3. The first-order valence-electron chi connectivity index (χ1n) is 9.79. The molecule has 0 bridgehead atoms. The molecule has 1 saturated heterocycles. The van der Waals surface area contributed by atoms with Crippen molar-refractivity contribution in [3.8, 4) is 5.75 Å². The molecule has 1 fully saturated rings. The van der Waals surface area contributed by atoms with Crippen molar-refractivity contribution >= 4 is 22.8 Å². The van der Waals surface area contributed by atoms with Gasteiger partial charge in [-0.15, -0.1) is 0 Å². The summed E-state index contributed by atoms with van der Waals surface area (Å²) in [6.07, 6.45) is 0.534. The van der Waals surface area contributed by atoms with Gasteiger partial charge in [-0.1, -0.05) is 30.3 Å². The Labute approximate surface area is 169 Å². The zero-order valence-corrected chi connectivity index (χ0v) is 16.7. The van der Waals surface area contributed by atoms with Gasteiger partial charge in [0.05, 0.1) is 19.2 Å². The molecule has 29 heavy (non-hydrogen) atoms. The van der Waals surface area contributed by atoms with E-state index in [1.807, 2.05) is 56.3 Å². The van der Waals surface area contributed by atoms with Gasteiger partial charge in [0.1, 0.15) is 11.8 Å². The molecular weight excluding hydrogens is 366 g/mol. The molecule has 6 heteroatoms. The lowest BCUT2D eigenvalue weighted by Crippen LogP contribution is -2.52. The molecular formula is C23H23N3O3. The van der Waals surface area contributed by atoms with E-state index in [0.29, 0.717) is 6.42 Å². The number of nitrogens with one attached hydrogen (secondary N) is 1. The van der Waals surface area contributed by atoms with Crippen molar-refractivity contribution in [1.29, 1.82) is 0 Å². The molecule has 2 aromatic carbocycles. The first kappa shape index (κ1) is 17.8. The number of nitrogens with zero attached hydrogens (tertiary/aromatic N) is 2. The summed E-state index contributed by atoms with van der Waals surface area (Å²) in [6, 6.07) is 14.9. The lowest BCUT2D eigenvalue weighted by atomic mass is 9.85. The van der Waals surface area contributed by atoms with Gasteiger partial charge in [0, 0.05) is 23.0 Å². The average Bonchev–Trinajstić information content (AvgIpc) is 3.21. The van der Waals surface area contributed by atoms with Crippen molar-refractivity contribution in [3.05, 3.63) is 65.4 Å². The fourth-order valence-electron chi connectivity index (χ4n) is 4.76. The van der Waals surface area contributed by atoms with Gasteiger partial charge in [-0.3, -0.25) is 9.69 Å². The molecule has 148 valence electrons. The second-order valence-corrected chi connectivity index (χ2v) is 8.23. The van der Waals surface area contributed by atoms with Crippen molar-refractivity contribution in [2.75, 3.05) is 7.11 Å². The van der Waals surface area contributed by atoms with E-state index in [9.17, 15) is 9.59 Å². The second-order valence-electron chi connectivity index (χ2n) is 8.23. The van der Waals surface area contributed by atoms with Crippen LogP contribution in [0.1, 0.15) is 30.7 Å². The first-order valence-corrected chi connectivity index (χ1v) is 9.79. The minimum atomic E-state index is -0.599. The Balaban J connectivity index is 1.51. The number of para-hydroxylation sites is 1. The number of H-pyrrole nitrogens is 1. The van der Waals surface area contributed by atoms with Gasteiger partial charge in [-0.05, 0) is 43.2 Å². The Morgan fingerprint density at radius 1 is 1.10 bits per heavy atom. The van der Waals surface area contributed by atoms with Crippen LogP contribution in [0.15, 0.2) is 48.5 Å². The van der Waals surface area contributed by atoms with Crippen LogP contribution >= 0.6 is 0 Å². The number of urea groups is 1. The zero-order chi connectivity index (χ0) is 20.3. The predicted molar refractivity (Wildman–Crippen MR) is 110 cm³/mol. The Hall–Kier alpha value is -3.28. The van der Waals surface area contributed by atoms with Gasteiger partial charge in [-0.25, -0.2) is 4.79 Å². The Morgan fingerprint density at radius 2 is 1.83 bits per heavy atom. The van der Waals surface area contributed by atoms with Gasteiger partial charge >= 0.3 is 6.03 Å². The van der Waals surface area contributed by atoms with Crippen molar-refractivity contribution in [1.82, 2.24) is 14.8 Å². The van der Waals surface area contributed by atoms with Gasteiger partial charge in [0.2, 0.25) is 0 Å². The quantitative estimate of drug-likeness (QED) is 0.693. The molecule has 3 amide bonds. The third-order valence-corrected chi connectivity index (χ3v) is 6.22. The molecule has 0 radical (unpaired) electrons. The number of ether oxygens (including phenoxy) is 1. The normalized spacial score (nSPS) is 20.2. The fraction of sp³-hybridized carbons (Fsp3) is 0.304. The molecule has 1 N–H and O–H groups in total. The highest BCUT2D eigenvalue weighted by molar-refractivity contribution is 6.05. The summed E-state index contributed by atoms with van der Waals surface area (Å²) in [5.74, 6) is 0.617. The number of carbonyl (C=O) groups excluding carboxylic acids is 2. The molecule has 6 nitrogen and oxygen atoms in total. The second kappa shape index (κ2) is 6.11. The molecule has 0 aliphatic carbocycles. The Morgan fingerprint density at radius 3 is 2.55 bits per heavy atom. The van der Waals surface area contributed by atoms with Crippen LogP contribution in [0, 0.1) is 0 Å². The molecule has 0 saturated carbocycles. The van der Waals surface area contributed by atoms with Crippen LogP contribution in [0.25, 0.3) is 10.9 Å². The van der Waals surface area contributed by atoms with Gasteiger partial charge in [-0.2, -0.15) is 0 Å². The predicted octanol–water partition coefficient (Wildman–Crippen LogP) is 3.80. The van der Waals surface area contributed by atoms with Crippen LogP contribution in [0.3, 0.4) is 0 Å². The van der Waals surface area contributed by atoms with E-state index >= 15 is 0 Å². The van der Waals surface area contributed by atoms with E-state index in [1.54, 1.807) is 12.0 Å². The van der Waals surface area contributed by atoms with Gasteiger partial charge in [0.25, 0.3) is 5.91 Å². The number of hydrogen-bond acceptors (Lipinski definition) is 3. The van der Waals surface area contributed by atoms with E-state index in [2.05, 4.69) is 11.1 Å². The highest BCUT2D eigenvalue weighted by atomic mass is 16.5. The molecule has 3 aromatic rings. The number of rotatable bonds is 3. The highest BCUT2D eigenvalue weighted by Crippen LogP contribution is 2.44. The molecule has 3 heterocycles. The minimum Gasteiger partial charge on any atom is -0.497 e. The van der Waals surface area contributed by atoms with E-state index in [-0.39, 0.29) is 18.5 Å². The maximum atomic E-state index is 13.3. The van der Waals surface area contributed by atoms with Crippen LogP contribution in [0.5, 0.6) is 5.75 Å². The monoisotopic (exact) mass is 389 g/mol. The fourth-order valence-corrected chi connectivity index (χ4v) is 4.76. The van der Waals surface area contributed by atoms with Crippen LogP contribution in [0.2, 0.25) is 0 Å². The summed E-state index contributed by atoms with van der Waals surface area (Å²) in [7, 11) is 1.61. The summed E-state index contributed by atoms with van der Waals surface area (Å²) >= 11 is 0. The number of benzene rings is 2. The number of fused-ring (bicyclic) bond motifs is 4. The summed E-state index contributed by atoms with van der Waals surface area (Å²) in [6.45, 7) is 4.28. The topological polar surface area (TPSA) is 65.6 Å². The summed E-state index contributed by atoms with van der Waals surface area (Å²) in [4.78, 5) is 33.2. The molecule has 0 unspecified atom stereocenters. The van der Waals surface area contributed by atoms with Gasteiger partial charge < -0.3 is 14.6 Å². The van der Waals surface area contributed by atoms with Crippen LogP contribution < -0.4 is 4.74 Å². The number of hydrogen-bond donors (Lipinski definition) is 1. The number of carbonyl (C=O) groups is 2. The molecule has 0 spiro atoms. The number of methoxy groups -OCH3 is 1. The van der Waals surface area contributed by atoms with E-state index in [4.69, 9.17) is 4.74 Å². The average molecular weight is 389 g/mol. The molecule has 2 aliphatic rings. The molecule has 5 rings (SSSR count). The number of aromatic nitrogens is 1. The van der Waals surface area contributed by atoms with E-state index in [0.717, 1.165) is 33.5 Å². The van der Waals surface area contributed by atoms with Crippen LogP contribution in [-0.4, -0.2) is 39.9 Å². The smallest absolute Gasteiger partial charge is 0.328 e. The summed E-state index contributed by atoms with van der Waals surface area (Å²) < 4.78 is 5.19. The largest absolute Gasteiger partial charge is 0.497 e. The third-order valence-electron chi connectivity index (χ3n) is 6.22. The van der Waals surface area contributed by atoms with E-state index in [1.165, 1.54) is 4.90 Å². The van der Waals surface area contributed by atoms with Gasteiger partial charge in [0.15, 0.2) is 0 Å². The number of imide groups is 1. The molecule has 1 atom stereocenters. The summed E-state index contributed by atoms with van der Waals surface area (Å²) in [5.41, 5.74) is 3.50. The van der Waals surface area contributed by atoms with Crippen molar-refractivity contribution in [2.45, 2.75) is 38.4 Å². The van der Waals surface area contributed by atoms with Crippen LogP contribution in [-0.2, 0) is 23.3 Å². The van der Waals surface area contributed by atoms with Crippen molar-refractivity contribution < 1.29 is 14.3 Å². The van der Waals surface area contributed by atoms with Crippen molar-refractivity contribution in [2.24, 2.45) is 0 Å². The maximum Gasteiger partial charge on any atom is 0.328 e. The highest BCUT2D eigenvalue weighted by Gasteiger charge is 2.55. The van der Waals surface area contributed by atoms with Crippen LogP contribution in [0.4, 0.5) is 4.79 Å². The molecule has 2 aliphatic heterocycles. The zero-order valence-electron chi connectivity index (χ0n) is 16.7. The van der Waals surface area contributed by atoms with Crippen molar-refractivity contribution in [3.63, 3.8) is 0 Å². The Bertz CT molecular complexity index is 1130. The lowest BCUT2D eigenvalue weighted by Gasteiger charge is -2.42. The number of aromatic amines is 1. The first-order chi connectivity index (χ1) is 13.9. The maximum absolute atomic E-state index is 13.3. The SMILES string of the molecule is COc1ccc(CN2C(=O)[C@@H]3Cc4c([nH]c5ccccc45)C(C)(C)N3C2=O)cc1. The third kappa shape index (κ3) is 2.48. The Kier molecular flexibility index (Phi) is 3.75. The van der Waals surface area contributed by atoms with E-state index < -0.39 is 11.6 Å². The summed E-state index contributed by atoms with van der Waals surface area (Å²) in [5, 5.41) is 1.13.